The van der Waals surface area contributed by atoms with Crippen molar-refractivity contribution in [3.8, 4) is 6.07 Å². The predicted octanol–water partition coefficient (Wildman–Crippen LogP) is 3.95. The largest absolute Gasteiger partial charge is 0.466 e. The highest BCUT2D eigenvalue weighted by atomic mass is 35.5. The smallest absolute Gasteiger partial charge is 0.336 e. The third-order valence-corrected chi connectivity index (χ3v) is 7.05. The van der Waals surface area contributed by atoms with E-state index in [1.54, 1.807) is 19.9 Å². The number of non-ortho nitro benzene ring substituents is 1. The number of carbonyl (C=O) groups excluding carboxylic acids is 2. The second-order valence-electron chi connectivity index (χ2n) is 10.7. The number of nitro groups is 1. The quantitative estimate of drug-likeness (QED) is 0.235. The monoisotopic (exact) mass is 611 g/mol. The van der Waals surface area contributed by atoms with Crippen molar-refractivity contribution in [2.24, 2.45) is 5.41 Å². The number of hydrogen-bond donors (Lipinski definition) is 1. The second-order valence-corrected chi connectivity index (χ2v) is 10.7. The van der Waals surface area contributed by atoms with Crippen LogP contribution in [0.15, 0.2) is 46.8 Å². The fraction of sp³-hybridized carbons (Fsp3) is 0.536. The molecule has 1 atom stereocenters. The number of nitrogens with zero attached hydrogens (tertiary/aromatic N) is 4. The Labute approximate surface area is 253 Å². The minimum absolute atomic E-state index is 0. The van der Waals surface area contributed by atoms with E-state index in [-0.39, 0.29) is 53.7 Å². The normalized spacial score (nSPS) is 17.9. The number of allylic oxidation sites excluding steroid dienone is 2. The minimum atomic E-state index is -0.893. The molecule has 2 aliphatic rings. The Hall–Kier alpha value is -3.17. The Morgan fingerprint density at radius 3 is 2.24 bits per heavy atom. The van der Waals surface area contributed by atoms with Gasteiger partial charge < -0.3 is 19.7 Å². The molecule has 11 nitrogen and oxygen atoms in total. The van der Waals surface area contributed by atoms with Crippen molar-refractivity contribution >= 4 is 42.4 Å². The van der Waals surface area contributed by atoms with Crippen LogP contribution in [0, 0.1) is 26.9 Å². The molecule has 1 aromatic rings. The van der Waals surface area contributed by atoms with Crippen LogP contribution in [0.25, 0.3) is 0 Å². The summed E-state index contributed by atoms with van der Waals surface area (Å²) in [7, 11) is 1.25. The molecule has 2 heterocycles. The van der Waals surface area contributed by atoms with Crippen LogP contribution in [0.1, 0.15) is 45.6 Å². The van der Waals surface area contributed by atoms with Gasteiger partial charge in [0.05, 0.1) is 41.8 Å². The molecule has 1 fully saturated rings. The number of carbonyl (C=O) groups is 2. The highest BCUT2D eigenvalue weighted by Crippen LogP contribution is 2.40. The van der Waals surface area contributed by atoms with Crippen LogP contribution in [0.2, 0.25) is 0 Å². The summed E-state index contributed by atoms with van der Waals surface area (Å²) in [5, 5.41) is 23.4. The first kappa shape index (κ1) is 35.9. The molecule has 41 heavy (non-hydrogen) atoms. The van der Waals surface area contributed by atoms with Crippen LogP contribution >= 0.6 is 24.8 Å². The summed E-state index contributed by atoms with van der Waals surface area (Å²) in [6.45, 7) is 12.7. The maximum absolute atomic E-state index is 13.6. The molecule has 1 unspecified atom stereocenters. The molecule has 226 valence electrons. The average Bonchev–Trinajstić information content (AvgIpc) is 2.90. The van der Waals surface area contributed by atoms with Gasteiger partial charge in [0.1, 0.15) is 0 Å². The van der Waals surface area contributed by atoms with Gasteiger partial charge in [0.15, 0.2) is 0 Å². The Bertz CT molecular complexity index is 1220. The number of nitrogens with one attached hydrogen (secondary N) is 1. The molecule has 13 heteroatoms. The summed E-state index contributed by atoms with van der Waals surface area (Å²) in [4.78, 5) is 42.0. The zero-order chi connectivity index (χ0) is 28.7. The molecule has 0 spiro atoms. The van der Waals surface area contributed by atoms with Crippen molar-refractivity contribution in [1.82, 2.24) is 15.1 Å². The lowest BCUT2D eigenvalue weighted by Crippen LogP contribution is -2.49. The van der Waals surface area contributed by atoms with E-state index in [1.165, 1.54) is 25.3 Å². The average molecular weight is 613 g/mol. The number of rotatable bonds is 10. The number of esters is 2. The third-order valence-electron chi connectivity index (χ3n) is 7.05. The van der Waals surface area contributed by atoms with Crippen LogP contribution in [-0.2, 0) is 19.1 Å². The number of hydrogen-bond acceptors (Lipinski definition) is 10. The number of piperazine rings is 1. The van der Waals surface area contributed by atoms with Crippen molar-refractivity contribution in [2.45, 2.75) is 40.0 Å². The summed E-state index contributed by atoms with van der Waals surface area (Å²) in [5.41, 5.74) is 1.35. The molecule has 1 saturated heterocycles. The van der Waals surface area contributed by atoms with E-state index < -0.39 is 22.8 Å². The number of ether oxygens (including phenoxy) is 2. The lowest BCUT2D eigenvalue weighted by Gasteiger charge is -2.38. The fourth-order valence-electron chi connectivity index (χ4n) is 5.17. The number of nitro benzene ring substituents is 1. The van der Waals surface area contributed by atoms with Gasteiger partial charge in [-0.05, 0) is 19.4 Å². The van der Waals surface area contributed by atoms with Crippen molar-refractivity contribution in [3.05, 3.63) is 62.5 Å². The molecule has 0 aromatic heterocycles. The van der Waals surface area contributed by atoms with Crippen LogP contribution in [-0.4, -0.2) is 79.6 Å². The maximum Gasteiger partial charge on any atom is 0.336 e. The first-order valence-corrected chi connectivity index (χ1v) is 13.0. The molecule has 1 N–H and O–H groups in total. The Kier molecular flexibility index (Phi) is 13.8. The Morgan fingerprint density at radius 1 is 1.10 bits per heavy atom. The summed E-state index contributed by atoms with van der Waals surface area (Å²) < 4.78 is 10.9. The van der Waals surface area contributed by atoms with Gasteiger partial charge in [-0.15, -0.1) is 24.8 Å². The Balaban J connectivity index is 0.00000420. The van der Waals surface area contributed by atoms with Crippen LogP contribution in [0.4, 0.5) is 5.69 Å². The van der Waals surface area contributed by atoms with E-state index in [0.717, 1.165) is 39.3 Å². The van der Waals surface area contributed by atoms with Crippen LogP contribution in [0.3, 0.4) is 0 Å². The van der Waals surface area contributed by atoms with E-state index >= 15 is 0 Å². The predicted molar refractivity (Wildman–Crippen MR) is 159 cm³/mol. The zero-order valence-electron chi connectivity index (χ0n) is 24.1. The molecule has 0 amide bonds. The zero-order valence-corrected chi connectivity index (χ0v) is 25.7. The van der Waals surface area contributed by atoms with E-state index in [2.05, 4.69) is 21.2 Å². The Morgan fingerprint density at radius 2 is 1.68 bits per heavy atom. The molecule has 1 aromatic carbocycles. The van der Waals surface area contributed by atoms with Gasteiger partial charge in [0.25, 0.3) is 5.69 Å². The topological polar surface area (TPSA) is 138 Å². The number of benzene rings is 1. The lowest BCUT2D eigenvalue weighted by molar-refractivity contribution is -0.384. The van der Waals surface area contributed by atoms with Gasteiger partial charge in [-0.2, -0.15) is 5.26 Å². The molecular weight excluding hydrogens is 573 g/mol. The van der Waals surface area contributed by atoms with Crippen molar-refractivity contribution in [1.29, 1.82) is 5.26 Å². The van der Waals surface area contributed by atoms with Gasteiger partial charge in [0.2, 0.25) is 0 Å². The van der Waals surface area contributed by atoms with E-state index in [0.29, 0.717) is 23.4 Å². The SMILES string of the molecule is COC(=O)C1=C(C)NC(C)=C(C(=O)OCC(C)(C)CN2CCN(CCC#N)CC2)C1c1cccc([N+](=O)[O-])c1.Cl.Cl. The summed E-state index contributed by atoms with van der Waals surface area (Å²) >= 11 is 0. The third kappa shape index (κ3) is 9.16. The number of methoxy groups -OCH3 is 1. The summed E-state index contributed by atoms with van der Waals surface area (Å²) in [6.07, 6.45) is 0.523. The van der Waals surface area contributed by atoms with Gasteiger partial charge >= 0.3 is 11.9 Å². The minimum Gasteiger partial charge on any atom is -0.466 e. The molecule has 2 aliphatic heterocycles. The van der Waals surface area contributed by atoms with E-state index in [9.17, 15) is 19.7 Å². The second kappa shape index (κ2) is 15.7. The highest BCUT2D eigenvalue weighted by Gasteiger charge is 2.39. The highest BCUT2D eigenvalue weighted by molar-refractivity contribution is 5.99. The molecule has 0 radical (unpaired) electrons. The van der Waals surface area contributed by atoms with E-state index in [4.69, 9.17) is 14.7 Å². The molecule has 0 bridgehead atoms. The lowest BCUT2D eigenvalue weighted by atomic mass is 9.80. The molecule has 3 rings (SSSR count). The number of dihydropyridines is 1. The first-order chi connectivity index (χ1) is 18.5. The standard InChI is InChI=1S/C28H37N5O6.2ClH/c1-19-23(26(34)38-5)25(21-8-6-9-22(16-21)33(36)37)24(20(2)30-19)27(35)39-18-28(3,4)17-32-14-12-31(13-15-32)11-7-10-29;;/h6,8-9,16,25,30H,7,11-15,17-18H2,1-5H3;2*1H. The van der Waals surface area contributed by atoms with Gasteiger partial charge in [-0.25, -0.2) is 9.59 Å². The summed E-state index contributed by atoms with van der Waals surface area (Å²) in [5.74, 6) is -2.13. The molecule has 0 saturated carbocycles. The van der Waals surface area contributed by atoms with Crippen LogP contribution in [0.5, 0.6) is 0 Å². The first-order valence-electron chi connectivity index (χ1n) is 13.0. The van der Waals surface area contributed by atoms with Gasteiger partial charge in [-0.1, -0.05) is 26.0 Å². The molecule has 0 aliphatic carbocycles. The molecular formula is C28H39Cl2N5O6. The van der Waals surface area contributed by atoms with Crippen molar-refractivity contribution in [3.63, 3.8) is 0 Å². The number of halogens is 2. The maximum atomic E-state index is 13.6. The van der Waals surface area contributed by atoms with Crippen molar-refractivity contribution in [2.75, 3.05) is 53.0 Å². The fourth-order valence-corrected chi connectivity index (χ4v) is 5.17. The summed E-state index contributed by atoms with van der Waals surface area (Å²) in [6, 6.07) is 8.10. The van der Waals surface area contributed by atoms with Gasteiger partial charge in [-0.3, -0.25) is 15.0 Å². The van der Waals surface area contributed by atoms with Crippen molar-refractivity contribution < 1.29 is 24.0 Å². The van der Waals surface area contributed by atoms with E-state index in [1.807, 2.05) is 13.8 Å². The van der Waals surface area contributed by atoms with Crippen LogP contribution < -0.4 is 5.32 Å². The van der Waals surface area contributed by atoms with Gasteiger partial charge in [0, 0.05) is 74.6 Å². The number of nitriles is 1.